The molecule has 0 radical (unpaired) electrons. The van der Waals surface area contributed by atoms with Crippen molar-refractivity contribution >= 4 is 34.3 Å². The predicted molar refractivity (Wildman–Crippen MR) is 204 cm³/mol. The van der Waals surface area contributed by atoms with E-state index in [4.69, 9.17) is 15.0 Å². The summed E-state index contributed by atoms with van der Waals surface area (Å²) in [5.74, 6) is 0.982. The van der Waals surface area contributed by atoms with Gasteiger partial charge in [0.25, 0.3) is 0 Å². The van der Waals surface area contributed by atoms with Crippen molar-refractivity contribution < 1.29 is 0 Å². The molecule has 2 aromatic heterocycles. The molecule has 1 unspecified atom stereocenters. The Morgan fingerprint density at radius 2 is 1.08 bits per heavy atom. The summed E-state index contributed by atoms with van der Waals surface area (Å²) >= 11 is 1.78. The van der Waals surface area contributed by atoms with Crippen molar-refractivity contribution in [2.45, 2.75) is 12.3 Å². The molecule has 1 aliphatic carbocycles. The van der Waals surface area contributed by atoms with Gasteiger partial charge in [0.05, 0.1) is 21.3 Å². The summed E-state index contributed by atoms with van der Waals surface area (Å²) in [6.45, 7) is 0. The molecular formula is C45H31N3S. The van der Waals surface area contributed by atoms with Crippen LogP contribution in [0.3, 0.4) is 0 Å². The van der Waals surface area contributed by atoms with Gasteiger partial charge in [0.2, 0.25) is 0 Å². The van der Waals surface area contributed by atoms with Crippen LogP contribution in [0.2, 0.25) is 0 Å². The molecule has 0 fully saturated rings. The van der Waals surface area contributed by atoms with Crippen molar-refractivity contribution in [1.29, 1.82) is 0 Å². The van der Waals surface area contributed by atoms with E-state index >= 15 is 0 Å². The lowest BCUT2D eigenvalue weighted by molar-refractivity contribution is 0.929. The second kappa shape index (κ2) is 12.6. The third kappa shape index (κ3) is 5.67. The summed E-state index contributed by atoms with van der Waals surface area (Å²) in [5, 5.41) is 4.61. The van der Waals surface area contributed by atoms with E-state index in [2.05, 4.69) is 140 Å². The zero-order valence-electron chi connectivity index (χ0n) is 26.7. The van der Waals surface area contributed by atoms with Crippen molar-refractivity contribution in [3.63, 3.8) is 0 Å². The topological polar surface area (TPSA) is 38.7 Å². The molecule has 0 saturated carbocycles. The van der Waals surface area contributed by atoms with E-state index in [1.807, 2.05) is 30.3 Å². The van der Waals surface area contributed by atoms with E-state index < -0.39 is 0 Å². The zero-order valence-corrected chi connectivity index (χ0v) is 27.5. The minimum Gasteiger partial charge on any atom is -0.236 e. The van der Waals surface area contributed by atoms with Crippen molar-refractivity contribution in [1.82, 2.24) is 15.0 Å². The first-order valence-corrected chi connectivity index (χ1v) is 17.5. The van der Waals surface area contributed by atoms with E-state index in [-0.39, 0.29) is 5.92 Å². The summed E-state index contributed by atoms with van der Waals surface area (Å²) in [7, 11) is 0. The number of hydrogen-bond acceptors (Lipinski definition) is 4. The fourth-order valence-corrected chi connectivity index (χ4v) is 7.87. The summed E-state index contributed by atoms with van der Waals surface area (Å²) in [6, 6.07) is 55.3. The first kappa shape index (κ1) is 29.2. The van der Waals surface area contributed by atoms with E-state index in [9.17, 15) is 0 Å². The molecule has 1 atom stereocenters. The molecule has 6 aromatic carbocycles. The first-order chi connectivity index (χ1) is 24.3. The Balaban J connectivity index is 1.14. The lowest BCUT2D eigenvalue weighted by Crippen LogP contribution is -2.25. The van der Waals surface area contributed by atoms with Crippen molar-refractivity contribution in [3.05, 3.63) is 173 Å². The number of rotatable bonds is 6. The monoisotopic (exact) mass is 645 g/mol. The third-order valence-corrected chi connectivity index (χ3v) is 10.4. The van der Waals surface area contributed by atoms with Crippen molar-refractivity contribution in [2.24, 2.45) is 0 Å². The van der Waals surface area contributed by atoms with Gasteiger partial charge in [-0.1, -0.05) is 164 Å². The van der Waals surface area contributed by atoms with Crippen LogP contribution in [-0.4, -0.2) is 15.0 Å². The van der Waals surface area contributed by atoms with Crippen molar-refractivity contribution in [3.8, 4) is 55.6 Å². The molecule has 232 valence electrons. The van der Waals surface area contributed by atoms with Gasteiger partial charge >= 0.3 is 0 Å². The predicted octanol–water partition coefficient (Wildman–Crippen LogP) is 10.2. The zero-order chi connectivity index (χ0) is 32.6. The Hall–Kier alpha value is -5.97. The lowest BCUT2D eigenvalue weighted by Gasteiger charge is -2.18. The second-order valence-electron chi connectivity index (χ2n) is 12.4. The van der Waals surface area contributed by atoms with Crippen LogP contribution in [0.1, 0.15) is 17.9 Å². The van der Waals surface area contributed by atoms with Gasteiger partial charge in [-0.3, -0.25) is 0 Å². The molecule has 1 aliphatic rings. The summed E-state index contributed by atoms with van der Waals surface area (Å²) in [5.41, 5.74) is 9.84. The minimum atomic E-state index is 0.263. The van der Waals surface area contributed by atoms with E-state index in [0.717, 1.165) is 50.7 Å². The van der Waals surface area contributed by atoms with Crippen LogP contribution in [0, 0.1) is 0 Å². The second-order valence-corrected chi connectivity index (χ2v) is 13.4. The molecule has 9 rings (SSSR count). The summed E-state index contributed by atoms with van der Waals surface area (Å²) in [4.78, 5) is 15.2. The van der Waals surface area contributed by atoms with Crippen LogP contribution in [0.5, 0.6) is 0 Å². The van der Waals surface area contributed by atoms with Gasteiger partial charge in [0.15, 0.2) is 5.82 Å². The summed E-state index contributed by atoms with van der Waals surface area (Å²) < 4.78 is 1.24. The van der Waals surface area contributed by atoms with Gasteiger partial charge in [-0.05, 0) is 39.9 Å². The Kier molecular flexibility index (Phi) is 7.49. The number of aromatic nitrogens is 3. The van der Waals surface area contributed by atoms with Crippen LogP contribution < -0.4 is 9.88 Å². The van der Waals surface area contributed by atoms with Gasteiger partial charge in [-0.25, -0.2) is 15.0 Å². The minimum absolute atomic E-state index is 0.263. The highest BCUT2D eigenvalue weighted by Gasteiger charge is 2.19. The fraction of sp³-hybridized carbons (Fsp3) is 0.0444. The Bertz CT molecular complexity index is 2560. The fourth-order valence-electron chi connectivity index (χ4n) is 6.80. The maximum absolute atomic E-state index is 5.19. The highest BCUT2D eigenvalue weighted by Crippen LogP contribution is 2.37. The number of thiazole rings is 1. The third-order valence-electron chi connectivity index (χ3n) is 9.30. The number of nitrogens with zero attached hydrogens (tertiary/aromatic N) is 3. The van der Waals surface area contributed by atoms with Crippen LogP contribution >= 0.6 is 11.3 Å². The van der Waals surface area contributed by atoms with Crippen LogP contribution in [0.15, 0.2) is 158 Å². The van der Waals surface area contributed by atoms with Gasteiger partial charge in [0, 0.05) is 28.2 Å². The number of hydrogen-bond donors (Lipinski definition) is 0. The maximum atomic E-state index is 5.19. The van der Waals surface area contributed by atoms with E-state index in [1.54, 1.807) is 11.3 Å². The van der Waals surface area contributed by atoms with Gasteiger partial charge < -0.3 is 0 Å². The first-order valence-electron chi connectivity index (χ1n) is 16.6. The molecule has 3 nitrogen and oxygen atoms in total. The van der Waals surface area contributed by atoms with Crippen LogP contribution in [0.25, 0.3) is 78.5 Å². The lowest BCUT2D eigenvalue weighted by atomic mass is 9.87. The average molecular weight is 646 g/mol. The SMILES string of the molecule is C1=c2nc(-c3ccccc3)sc2=CC(c2ccc(-c3cc(-c4ccc(-c5ccccc5)cc4)nc(-c4ccccc4)n3)c3ccccc23)C1. The quantitative estimate of drug-likeness (QED) is 0.181. The molecule has 0 N–H and O–H groups in total. The van der Waals surface area contributed by atoms with E-state index in [0.29, 0.717) is 0 Å². The average Bonchev–Trinajstić information content (AvgIpc) is 3.62. The molecule has 0 aliphatic heterocycles. The number of benzene rings is 6. The smallest absolute Gasteiger partial charge is 0.160 e. The van der Waals surface area contributed by atoms with Crippen LogP contribution in [-0.2, 0) is 0 Å². The van der Waals surface area contributed by atoms with Gasteiger partial charge in [-0.15, -0.1) is 11.3 Å². The maximum Gasteiger partial charge on any atom is 0.160 e. The highest BCUT2D eigenvalue weighted by atomic mass is 32.1. The molecule has 8 aromatic rings. The van der Waals surface area contributed by atoms with Crippen molar-refractivity contribution in [2.75, 3.05) is 0 Å². The summed E-state index contributed by atoms with van der Waals surface area (Å²) in [6.07, 6.45) is 5.64. The number of fused-ring (bicyclic) bond motifs is 2. The van der Waals surface area contributed by atoms with Crippen LogP contribution in [0.4, 0.5) is 0 Å². The van der Waals surface area contributed by atoms with Gasteiger partial charge in [0.1, 0.15) is 5.01 Å². The molecule has 4 heteroatoms. The molecular weight excluding hydrogens is 615 g/mol. The van der Waals surface area contributed by atoms with Gasteiger partial charge in [-0.2, -0.15) is 0 Å². The van der Waals surface area contributed by atoms with E-state index in [1.165, 1.54) is 37.6 Å². The normalized spacial score (nSPS) is 13.8. The Morgan fingerprint density at radius 3 is 1.82 bits per heavy atom. The highest BCUT2D eigenvalue weighted by molar-refractivity contribution is 7.13. The Labute approximate surface area is 289 Å². The molecule has 0 amide bonds. The molecule has 0 spiro atoms. The molecule has 49 heavy (non-hydrogen) atoms. The Morgan fingerprint density at radius 1 is 0.490 bits per heavy atom. The molecule has 0 bridgehead atoms. The largest absolute Gasteiger partial charge is 0.236 e. The standard InChI is InChI=1S/C45H31N3S/c1-4-12-30(13-5-1)31-20-22-32(23-21-31)41-29-42(47-44(46-41)33-14-6-2-7-15-33)39-26-25-36(37-18-10-11-19-38(37)39)35-24-27-40-43(28-35)49-45(48-40)34-16-8-3-9-17-34/h1-23,25-29,35H,24H2. The molecule has 2 heterocycles. The molecule has 0 saturated heterocycles.